The molecule has 1 fully saturated rings. The van der Waals surface area contributed by atoms with Crippen molar-refractivity contribution in [3.63, 3.8) is 0 Å². The molecular formula is C31H25F5N4O7S. The Morgan fingerprint density at radius 3 is 2.54 bits per heavy atom. The summed E-state index contributed by atoms with van der Waals surface area (Å²) in [7, 11) is 0. The summed E-state index contributed by atoms with van der Waals surface area (Å²) in [5.74, 6) is -2.96. The molecule has 4 N–H and O–H groups in total. The number of pyridine rings is 1. The minimum atomic E-state index is -5.04. The average Bonchev–Trinajstić information content (AvgIpc) is 3.61. The van der Waals surface area contributed by atoms with Crippen LogP contribution in [0.2, 0.25) is 0 Å². The van der Waals surface area contributed by atoms with Crippen molar-refractivity contribution >= 4 is 33.4 Å². The largest absolute Gasteiger partial charge is 0.586 e. The number of nitrogens with one attached hydrogen (secondary N) is 1. The van der Waals surface area contributed by atoms with Crippen LogP contribution < -0.4 is 30.0 Å². The highest BCUT2D eigenvalue weighted by Gasteiger charge is 2.50. The third-order valence-electron chi connectivity index (χ3n) is 8.56. The molecule has 2 aromatic carbocycles. The second kappa shape index (κ2) is 10.6. The van der Waals surface area contributed by atoms with Gasteiger partial charge in [0.1, 0.15) is 34.6 Å². The lowest BCUT2D eigenvalue weighted by Gasteiger charge is -2.30. The van der Waals surface area contributed by atoms with Gasteiger partial charge in [0.15, 0.2) is 17.2 Å². The number of aromatic nitrogens is 2. The number of hydrogen-bond donors (Lipinski definition) is 3. The Balaban J connectivity index is 1.27. The lowest BCUT2D eigenvalue weighted by Crippen LogP contribution is -2.44. The molecule has 17 heteroatoms. The molecule has 4 heterocycles. The van der Waals surface area contributed by atoms with Gasteiger partial charge in [-0.2, -0.15) is 0 Å². The summed E-state index contributed by atoms with van der Waals surface area (Å²) in [6.07, 6.45) is -7.84. The average molecular weight is 693 g/mol. The number of thiazole rings is 1. The number of aryl methyl sites for hydroxylation is 1. The smallest absolute Gasteiger partial charge is 0.489 e. The molecule has 4 aromatic rings. The molecule has 252 valence electrons. The van der Waals surface area contributed by atoms with Crippen LogP contribution in [0.5, 0.6) is 23.0 Å². The van der Waals surface area contributed by atoms with Crippen LogP contribution in [0.4, 0.5) is 22.0 Å². The second-order valence-electron chi connectivity index (χ2n) is 12.0. The van der Waals surface area contributed by atoms with Gasteiger partial charge in [-0.15, -0.1) is 33.3 Å². The number of aliphatic hydroxyl groups is 1. The minimum Gasteiger partial charge on any atom is -0.489 e. The van der Waals surface area contributed by atoms with E-state index in [0.717, 1.165) is 17.4 Å². The van der Waals surface area contributed by atoms with E-state index in [2.05, 4.69) is 29.5 Å². The summed E-state index contributed by atoms with van der Waals surface area (Å²) in [5, 5.41) is 15.2. The van der Waals surface area contributed by atoms with Crippen molar-refractivity contribution < 1.29 is 55.6 Å². The van der Waals surface area contributed by atoms with Crippen LogP contribution in [0.1, 0.15) is 46.4 Å². The summed E-state index contributed by atoms with van der Waals surface area (Å²) in [5.41, 5.74) is 2.95. The number of nitrogens with two attached hydrogens (primary N) is 1. The Kier molecular flexibility index (Phi) is 7.04. The van der Waals surface area contributed by atoms with Crippen LogP contribution in [-0.2, 0) is 15.8 Å². The molecule has 2 aromatic heterocycles. The van der Waals surface area contributed by atoms with E-state index < -0.39 is 53.7 Å². The van der Waals surface area contributed by atoms with Crippen molar-refractivity contribution in [2.75, 3.05) is 13.2 Å². The monoisotopic (exact) mass is 692 g/mol. The Bertz CT molecular complexity index is 2020. The van der Waals surface area contributed by atoms with Gasteiger partial charge in [-0.3, -0.25) is 9.59 Å². The van der Waals surface area contributed by atoms with Crippen LogP contribution in [0.3, 0.4) is 0 Å². The first-order chi connectivity index (χ1) is 22.5. The molecule has 1 aliphatic carbocycles. The molecule has 2 atom stereocenters. The number of fused-ring (bicyclic) bond motifs is 3. The van der Waals surface area contributed by atoms with E-state index in [9.17, 15) is 36.6 Å². The molecular weight excluding hydrogens is 667 g/mol. The van der Waals surface area contributed by atoms with E-state index in [1.54, 1.807) is 13.8 Å². The van der Waals surface area contributed by atoms with Crippen LogP contribution in [0.25, 0.3) is 21.5 Å². The molecule has 0 radical (unpaired) electrons. The minimum absolute atomic E-state index is 0.0228. The standard InChI is InChI=1S/C31H25F5N4O7S/c1-13-39-24-20(45-30(32,33)34)8-15(9-21(24)48-13)26(41)38-11-29(43,16-4-5-16)22-10-17-25(44-12-28(17,2)27(37)42)23(40-22)14-3-6-18-19(7-14)47-31(35,36)46-18/h3,6-10,16,43H,4-5,11-12H2,1-2H3,(H2,37,42)(H,38,41)/t28-,29+/m0/s1. The maximum Gasteiger partial charge on any atom is 0.586 e. The van der Waals surface area contributed by atoms with Crippen molar-refractivity contribution in [2.45, 2.75) is 50.4 Å². The molecule has 1 saturated carbocycles. The SMILES string of the molecule is Cc1nc2c(OC(F)(F)F)cc(C(=O)NC[C@](O)(c3cc4c(c(-c5ccc6c(c5)OC(F)(F)O6)n3)OC[C@]4(C)C(N)=O)C3CC3)cc2s1. The number of ether oxygens (including phenoxy) is 4. The van der Waals surface area contributed by atoms with E-state index in [1.165, 1.54) is 30.3 Å². The summed E-state index contributed by atoms with van der Waals surface area (Å²) < 4.78 is 86.5. The van der Waals surface area contributed by atoms with E-state index in [0.29, 0.717) is 17.8 Å². The first kappa shape index (κ1) is 31.8. The van der Waals surface area contributed by atoms with Gasteiger partial charge < -0.3 is 35.1 Å². The fourth-order valence-corrected chi connectivity index (χ4v) is 6.75. The third kappa shape index (κ3) is 5.49. The van der Waals surface area contributed by atoms with E-state index in [-0.39, 0.29) is 62.2 Å². The maximum atomic E-state index is 13.8. The van der Waals surface area contributed by atoms with Crippen molar-refractivity contribution in [1.82, 2.24) is 15.3 Å². The number of hydrogen-bond acceptors (Lipinski definition) is 10. The molecule has 3 aliphatic rings. The number of amides is 2. The van der Waals surface area contributed by atoms with Crippen LogP contribution in [0.15, 0.2) is 36.4 Å². The molecule has 0 unspecified atom stereocenters. The Labute approximate surface area is 271 Å². The second-order valence-corrected chi connectivity index (χ2v) is 13.3. The molecule has 48 heavy (non-hydrogen) atoms. The summed E-state index contributed by atoms with van der Waals surface area (Å²) >= 11 is 1.07. The van der Waals surface area contributed by atoms with Gasteiger partial charge in [-0.1, -0.05) is 0 Å². The Morgan fingerprint density at radius 1 is 1.12 bits per heavy atom. The highest BCUT2D eigenvalue weighted by molar-refractivity contribution is 7.18. The predicted octanol–water partition coefficient (Wildman–Crippen LogP) is 5.05. The van der Waals surface area contributed by atoms with Crippen LogP contribution in [-0.4, -0.2) is 52.7 Å². The van der Waals surface area contributed by atoms with E-state index in [1.807, 2.05) is 0 Å². The number of carbonyl (C=O) groups is 2. The molecule has 0 spiro atoms. The quantitative estimate of drug-likeness (QED) is 0.215. The Morgan fingerprint density at radius 2 is 1.85 bits per heavy atom. The normalized spacial score (nSPS) is 20.6. The number of alkyl halides is 5. The van der Waals surface area contributed by atoms with Crippen molar-refractivity contribution in [3.8, 4) is 34.3 Å². The topological polar surface area (TPSA) is 155 Å². The summed E-state index contributed by atoms with van der Waals surface area (Å²) in [6.45, 7) is 2.55. The summed E-state index contributed by atoms with van der Waals surface area (Å²) in [4.78, 5) is 34.8. The zero-order valence-corrected chi connectivity index (χ0v) is 25.9. The molecule has 2 amide bonds. The van der Waals surface area contributed by atoms with Gasteiger partial charge in [0, 0.05) is 16.7 Å². The van der Waals surface area contributed by atoms with E-state index >= 15 is 0 Å². The Hall–Kier alpha value is -4.77. The van der Waals surface area contributed by atoms with Crippen molar-refractivity contribution in [1.29, 1.82) is 0 Å². The number of carbonyl (C=O) groups excluding carboxylic acids is 2. The van der Waals surface area contributed by atoms with Gasteiger partial charge in [0.2, 0.25) is 5.91 Å². The van der Waals surface area contributed by atoms with Gasteiger partial charge in [0.05, 0.1) is 21.9 Å². The molecule has 11 nitrogen and oxygen atoms in total. The third-order valence-corrected chi connectivity index (χ3v) is 9.48. The first-order valence-electron chi connectivity index (χ1n) is 14.5. The maximum absolute atomic E-state index is 13.8. The van der Waals surface area contributed by atoms with Gasteiger partial charge in [-0.05, 0) is 69.0 Å². The van der Waals surface area contributed by atoms with Gasteiger partial charge >= 0.3 is 12.7 Å². The number of rotatable bonds is 8. The zero-order chi connectivity index (χ0) is 34.4. The van der Waals surface area contributed by atoms with Crippen LogP contribution in [0, 0.1) is 12.8 Å². The molecule has 2 aliphatic heterocycles. The predicted molar refractivity (Wildman–Crippen MR) is 158 cm³/mol. The number of nitrogens with zero attached hydrogens (tertiary/aromatic N) is 2. The summed E-state index contributed by atoms with van der Waals surface area (Å²) in [6, 6.07) is 7.69. The van der Waals surface area contributed by atoms with Gasteiger partial charge in [-0.25, -0.2) is 9.97 Å². The number of primary amides is 1. The van der Waals surface area contributed by atoms with Gasteiger partial charge in [0.25, 0.3) is 5.91 Å². The van der Waals surface area contributed by atoms with Crippen molar-refractivity contribution in [3.05, 3.63) is 58.2 Å². The fraction of sp³-hybridized carbons (Fsp3) is 0.355. The van der Waals surface area contributed by atoms with Crippen molar-refractivity contribution in [2.24, 2.45) is 11.7 Å². The van der Waals surface area contributed by atoms with E-state index in [4.69, 9.17) is 10.5 Å². The first-order valence-corrected chi connectivity index (χ1v) is 15.3. The fourth-order valence-electron chi connectivity index (χ4n) is 5.87. The molecule has 7 rings (SSSR count). The molecule has 0 bridgehead atoms. The lowest BCUT2D eigenvalue weighted by atomic mass is 9.81. The highest BCUT2D eigenvalue weighted by atomic mass is 32.1. The van der Waals surface area contributed by atoms with Crippen LogP contribution >= 0.6 is 11.3 Å². The highest BCUT2D eigenvalue weighted by Crippen LogP contribution is 2.51. The lowest BCUT2D eigenvalue weighted by molar-refractivity contribution is -0.286. The molecule has 0 saturated heterocycles. The number of benzene rings is 2. The zero-order valence-electron chi connectivity index (χ0n) is 25.0. The number of halogens is 5.